The van der Waals surface area contributed by atoms with E-state index in [1.165, 1.54) is 12.1 Å². The quantitative estimate of drug-likeness (QED) is 0.302. The SMILES string of the molecule is C[C@H](Cc1ccccc1)NC(=O)[C@@H](CCN1CCC2(CC1)OC(=O)Nc1ccc(F)cc12)c1ccc(Cl)c(Cl)c1. The van der Waals surface area contributed by atoms with Gasteiger partial charge in [0.1, 0.15) is 11.4 Å². The first kappa shape index (κ1) is 28.4. The van der Waals surface area contributed by atoms with Crippen LogP contribution in [0, 0.1) is 5.82 Å². The number of ether oxygens (including phenoxy) is 1. The molecule has 2 amide bonds. The van der Waals surface area contributed by atoms with Gasteiger partial charge >= 0.3 is 6.09 Å². The van der Waals surface area contributed by atoms with Gasteiger partial charge in [-0.2, -0.15) is 0 Å². The number of nitrogens with zero attached hydrogens (tertiary/aromatic N) is 1. The molecule has 1 spiro atoms. The Hall–Kier alpha value is -3.13. The van der Waals surface area contributed by atoms with Crippen LogP contribution in [0.25, 0.3) is 0 Å². The second kappa shape index (κ2) is 12.2. The van der Waals surface area contributed by atoms with E-state index in [4.69, 9.17) is 27.9 Å². The molecule has 2 aliphatic rings. The summed E-state index contributed by atoms with van der Waals surface area (Å²) in [6.45, 7) is 3.94. The van der Waals surface area contributed by atoms with Crippen LogP contribution in [0.15, 0.2) is 66.7 Å². The minimum atomic E-state index is -0.858. The standard InChI is InChI=1S/C31H32Cl2FN3O3/c1-20(17-21-5-3-2-4-6-21)35-29(38)24(22-7-9-26(32)27(33)18-22)11-14-37-15-12-31(13-16-37)25-19-23(34)8-10-28(25)36-30(39)40-31/h2-10,18-20,24H,11-17H2,1H3,(H,35,38)(H,36,39)/t20-,24+/m1/s1. The molecule has 0 bridgehead atoms. The minimum absolute atomic E-state index is 0.0509. The molecule has 2 heterocycles. The van der Waals surface area contributed by atoms with Gasteiger partial charge in [-0.05, 0) is 67.8 Å². The third kappa shape index (κ3) is 6.43. The number of rotatable bonds is 8. The molecule has 210 valence electrons. The molecule has 2 atom stereocenters. The van der Waals surface area contributed by atoms with E-state index in [1.807, 2.05) is 31.2 Å². The highest BCUT2D eigenvalue weighted by molar-refractivity contribution is 6.42. The van der Waals surface area contributed by atoms with Crippen molar-refractivity contribution in [3.8, 4) is 0 Å². The average Bonchev–Trinajstić information content (AvgIpc) is 2.93. The first-order valence-electron chi connectivity index (χ1n) is 13.5. The van der Waals surface area contributed by atoms with Gasteiger partial charge in [0.25, 0.3) is 0 Å². The lowest BCUT2D eigenvalue weighted by molar-refractivity contribution is -0.123. The second-order valence-corrected chi connectivity index (χ2v) is 11.5. The van der Waals surface area contributed by atoms with Crippen LogP contribution in [0.5, 0.6) is 0 Å². The number of likely N-dealkylation sites (tertiary alicyclic amines) is 1. The topological polar surface area (TPSA) is 70.7 Å². The lowest BCUT2D eigenvalue weighted by Crippen LogP contribution is -2.48. The van der Waals surface area contributed by atoms with Crippen LogP contribution >= 0.6 is 23.2 Å². The molecule has 3 aromatic carbocycles. The van der Waals surface area contributed by atoms with Crippen molar-refractivity contribution in [3.63, 3.8) is 0 Å². The molecule has 6 nitrogen and oxygen atoms in total. The number of halogens is 3. The van der Waals surface area contributed by atoms with Gasteiger partial charge in [-0.1, -0.05) is 59.6 Å². The van der Waals surface area contributed by atoms with Crippen LogP contribution in [0.4, 0.5) is 14.9 Å². The number of nitrogens with one attached hydrogen (secondary N) is 2. The van der Waals surface area contributed by atoms with Crippen LogP contribution < -0.4 is 10.6 Å². The highest BCUT2D eigenvalue weighted by Crippen LogP contribution is 2.44. The summed E-state index contributed by atoms with van der Waals surface area (Å²) >= 11 is 12.5. The Morgan fingerprint density at radius 3 is 2.55 bits per heavy atom. The number of carbonyl (C=O) groups is 2. The fourth-order valence-electron chi connectivity index (χ4n) is 5.73. The molecule has 5 rings (SSSR count). The largest absolute Gasteiger partial charge is 0.438 e. The third-order valence-corrected chi connectivity index (χ3v) is 8.57. The summed E-state index contributed by atoms with van der Waals surface area (Å²) in [5.74, 6) is -0.848. The number of carbonyl (C=O) groups excluding carboxylic acids is 2. The number of fused-ring (bicyclic) bond motifs is 2. The molecule has 0 unspecified atom stereocenters. The highest BCUT2D eigenvalue weighted by Gasteiger charge is 2.44. The van der Waals surface area contributed by atoms with Crippen molar-refractivity contribution >= 4 is 40.9 Å². The molecular weight excluding hydrogens is 552 g/mol. The van der Waals surface area contributed by atoms with Crippen LogP contribution in [-0.4, -0.2) is 42.6 Å². The van der Waals surface area contributed by atoms with Crippen molar-refractivity contribution < 1.29 is 18.7 Å². The van der Waals surface area contributed by atoms with Gasteiger partial charge in [-0.15, -0.1) is 0 Å². The smallest absolute Gasteiger partial charge is 0.412 e. The Morgan fingerprint density at radius 2 is 1.82 bits per heavy atom. The number of hydrogen-bond acceptors (Lipinski definition) is 4. The summed E-state index contributed by atoms with van der Waals surface area (Å²) < 4.78 is 19.8. The van der Waals surface area contributed by atoms with Crippen LogP contribution in [0.3, 0.4) is 0 Å². The van der Waals surface area contributed by atoms with Crippen molar-refractivity contribution in [3.05, 3.63) is 99.3 Å². The van der Waals surface area contributed by atoms with E-state index in [1.54, 1.807) is 18.2 Å². The fourth-order valence-corrected chi connectivity index (χ4v) is 6.04. The van der Waals surface area contributed by atoms with E-state index >= 15 is 0 Å². The molecule has 0 aliphatic carbocycles. The van der Waals surface area contributed by atoms with E-state index in [0.29, 0.717) is 60.2 Å². The Labute approximate surface area is 243 Å². The normalized spacial score (nSPS) is 17.9. The highest BCUT2D eigenvalue weighted by atomic mass is 35.5. The summed E-state index contributed by atoms with van der Waals surface area (Å²) in [4.78, 5) is 28.1. The molecule has 1 saturated heterocycles. The fraction of sp³-hybridized carbons (Fsp3) is 0.355. The number of amides is 2. The predicted molar refractivity (Wildman–Crippen MR) is 155 cm³/mol. The zero-order valence-corrected chi connectivity index (χ0v) is 23.8. The Morgan fingerprint density at radius 1 is 1.07 bits per heavy atom. The van der Waals surface area contributed by atoms with Gasteiger partial charge in [-0.3, -0.25) is 10.1 Å². The van der Waals surface area contributed by atoms with Crippen molar-refractivity contribution in [2.45, 2.75) is 50.2 Å². The maximum Gasteiger partial charge on any atom is 0.412 e. The van der Waals surface area contributed by atoms with Gasteiger partial charge in [-0.25, -0.2) is 9.18 Å². The summed E-state index contributed by atoms with van der Waals surface area (Å²) in [6.07, 6.45) is 1.85. The molecular formula is C31H32Cl2FN3O3. The number of piperidine rings is 1. The lowest BCUT2D eigenvalue weighted by Gasteiger charge is -2.44. The molecule has 40 heavy (non-hydrogen) atoms. The van der Waals surface area contributed by atoms with Gasteiger partial charge in [0.2, 0.25) is 5.91 Å². The lowest BCUT2D eigenvalue weighted by atomic mass is 9.82. The summed E-state index contributed by atoms with van der Waals surface area (Å²) in [5, 5.41) is 6.71. The molecule has 2 aliphatic heterocycles. The Balaban J connectivity index is 1.26. The van der Waals surface area contributed by atoms with Crippen molar-refractivity contribution in [2.75, 3.05) is 25.0 Å². The molecule has 0 aromatic heterocycles. The number of anilines is 1. The third-order valence-electron chi connectivity index (χ3n) is 7.83. The molecule has 3 aromatic rings. The van der Waals surface area contributed by atoms with E-state index in [0.717, 1.165) is 17.5 Å². The van der Waals surface area contributed by atoms with E-state index in [9.17, 15) is 14.0 Å². The van der Waals surface area contributed by atoms with E-state index in [2.05, 4.69) is 27.7 Å². The predicted octanol–water partition coefficient (Wildman–Crippen LogP) is 6.91. The minimum Gasteiger partial charge on any atom is -0.438 e. The Bertz CT molecular complexity index is 1380. The zero-order valence-electron chi connectivity index (χ0n) is 22.3. The number of benzene rings is 3. The van der Waals surface area contributed by atoms with Crippen molar-refractivity contribution in [1.29, 1.82) is 0 Å². The zero-order chi connectivity index (χ0) is 28.3. The first-order chi connectivity index (χ1) is 19.2. The van der Waals surface area contributed by atoms with Gasteiger partial charge < -0.3 is 15.0 Å². The maximum absolute atomic E-state index is 14.1. The van der Waals surface area contributed by atoms with Crippen LogP contribution in [0.1, 0.15) is 48.8 Å². The molecule has 0 radical (unpaired) electrons. The summed E-state index contributed by atoms with van der Waals surface area (Å²) in [7, 11) is 0. The summed E-state index contributed by atoms with van der Waals surface area (Å²) in [5.41, 5.74) is 2.37. The van der Waals surface area contributed by atoms with Crippen molar-refractivity contribution in [1.82, 2.24) is 10.2 Å². The second-order valence-electron chi connectivity index (χ2n) is 10.7. The van der Waals surface area contributed by atoms with Crippen LogP contribution in [0.2, 0.25) is 10.0 Å². The number of hydrogen-bond donors (Lipinski definition) is 2. The molecule has 2 N–H and O–H groups in total. The molecule has 9 heteroatoms. The van der Waals surface area contributed by atoms with Gasteiger partial charge in [0.15, 0.2) is 0 Å². The first-order valence-corrected chi connectivity index (χ1v) is 14.3. The van der Waals surface area contributed by atoms with Gasteiger partial charge in [0.05, 0.1) is 21.7 Å². The van der Waals surface area contributed by atoms with E-state index in [-0.39, 0.29) is 17.8 Å². The van der Waals surface area contributed by atoms with Crippen LogP contribution in [-0.2, 0) is 21.6 Å². The van der Waals surface area contributed by atoms with E-state index < -0.39 is 17.6 Å². The Kier molecular flexibility index (Phi) is 8.64. The summed E-state index contributed by atoms with van der Waals surface area (Å²) in [6, 6.07) is 19.7. The molecule has 0 saturated carbocycles. The average molecular weight is 585 g/mol. The van der Waals surface area contributed by atoms with Crippen molar-refractivity contribution in [2.24, 2.45) is 0 Å². The maximum atomic E-state index is 14.1. The molecule has 1 fully saturated rings. The monoisotopic (exact) mass is 583 g/mol. The van der Waals surface area contributed by atoms with Gasteiger partial charge in [0, 0.05) is 37.5 Å².